The van der Waals surface area contributed by atoms with Crippen molar-refractivity contribution in [1.29, 1.82) is 0 Å². The minimum atomic E-state index is -5.25. The van der Waals surface area contributed by atoms with Crippen LogP contribution in [0.15, 0.2) is 30.3 Å². The SMILES string of the molecule is Cc1ccccc1.O=[P+]([O-])OP(=O)([O-])O[P+](=O)[O-].O=[P+]([O-])OP(=O)([O-])O[P+](=O)[O-].[K+].[K+].[K+].[K+].[K+].[K+]. The standard InChI is InChI=1S/C7H8.6K.2HO8P3/c1-7-5-3-2-4-6-7;;;;;;;2*1-9(2)7-11(5,6)8-10(3)4/h2-6H,1H3;;;;;;;2*(H,5,6)/q;6*+1;;/p-2. The van der Waals surface area contributed by atoms with Crippen LogP contribution in [-0.2, 0) is 44.6 Å². The van der Waals surface area contributed by atoms with E-state index in [1.165, 1.54) is 5.56 Å². The second kappa shape index (κ2) is 38.0. The van der Waals surface area contributed by atoms with E-state index in [0.29, 0.717) is 0 Å². The summed E-state index contributed by atoms with van der Waals surface area (Å²) in [5.74, 6) is 0. The van der Waals surface area contributed by atoms with E-state index in [0.717, 1.165) is 0 Å². The van der Waals surface area contributed by atoms with Crippen molar-refractivity contribution < 1.29 is 382 Å². The summed E-state index contributed by atoms with van der Waals surface area (Å²) in [7, 11) is -25.2. The Hall–Kier alpha value is 9.50. The van der Waals surface area contributed by atoms with Crippen LogP contribution in [0.5, 0.6) is 0 Å². The van der Waals surface area contributed by atoms with Crippen LogP contribution < -0.4 is 338 Å². The van der Waals surface area contributed by atoms with Crippen molar-refractivity contribution in [3.05, 3.63) is 35.9 Å². The van der Waals surface area contributed by atoms with Gasteiger partial charge in [0.15, 0.2) is 0 Å². The minimum Gasteiger partial charge on any atom is -0.750 e. The Balaban J connectivity index is -0.0000000487. The second-order valence-electron chi connectivity index (χ2n) is 3.77. The first-order chi connectivity index (χ1) is 13.1. The molecule has 0 aliphatic heterocycles. The van der Waals surface area contributed by atoms with Gasteiger partial charge in [-0.3, -0.25) is 9.13 Å². The minimum absolute atomic E-state index is 0. The molecule has 0 fully saturated rings. The summed E-state index contributed by atoms with van der Waals surface area (Å²) >= 11 is 0. The topological polar surface area (TPSA) is 278 Å². The van der Waals surface area contributed by atoms with Crippen LogP contribution in [0.4, 0.5) is 0 Å². The second-order valence-corrected chi connectivity index (χ2v) is 9.96. The maximum absolute atomic E-state index is 10.1. The van der Waals surface area contributed by atoms with Gasteiger partial charge in [0.1, 0.15) is 0 Å². The van der Waals surface area contributed by atoms with Crippen molar-refractivity contribution >= 4 is 48.7 Å². The summed E-state index contributed by atoms with van der Waals surface area (Å²) < 4.78 is 70.8. The molecule has 0 radical (unpaired) electrons. The Morgan fingerprint density at radius 1 is 0.571 bits per heavy atom. The molecule has 0 spiro atoms. The van der Waals surface area contributed by atoms with Gasteiger partial charge < -0.3 is 29.4 Å². The normalized spacial score (nSPS) is 13.6. The molecule has 35 heavy (non-hydrogen) atoms. The van der Waals surface area contributed by atoms with Gasteiger partial charge >= 0.3 is 357 Å². The Kier molecular flexibility index (Phi) is 68.5. The molecule has 4 unspecified atom stereocenters. The zero-order chi connectivity index (χ0) is 23.3. The summed E-state index contributed by atoms with van der Waals surface area (Å²) in [6.45, 7) is 2.08. The summed E-state index contributed by atoms with van der Waals surface area (Å²) in [4.78, 5) is 58.4. The number of hydrogen-bond donors (Lipinski definition) is 0. The van der Waals surface area contributed by atoms with E-state index in [2.05, 4.69) is 36.3 Å². The molecular weight excluding hydrogens is 760 g/mol. The fourth-order valence-electron chi connectivity index (χ4n) is 0.891. The maximum atomic E-state index is 10.1. The van der Waals surface area contributed by atoms with Crippen LogP contribution in [0, 0.1) is 6.92 Å². The number of phosphoric acid groups is 2. The van der Waals surface area contributed by atoms with Gasteiger partial charge in [-0.05, 0) is 25.2 Å². The van der Waals surface area contributed by atoms with Gasteiger partial charge in [-0.15, -0.1) is 0 Å². The number of benzene rings is 1. The van der Waals surface area contributed by atoms with Gasteiger partial charge in [-0.2, -0.15) is 0 Å². The third-order valence-corrected chi connectivity index (χ3v) is 6.94. The van der Waals surface area contributed by atoms with Crippen LogP contribution in [-0.4, -0.2) is 0 Å². The predicted molar refractivity (Wildman–Crippen MR) is 81.2 cm³/mol. The van der Waals surface area contributed by atoms with E-state index in [9.17, 15) is 56.8 Å². The number of rotatable bonds is 8. The van der Waals surface area contributed by atoms with Crippen molar-refractivity contribution in [2.24, 2.45) is 0 Å². The first-order valence-corrected chi connectivity index (χ1v) is 13.4. The fourth-order valence-corrected chi connectivity index (χ4v) is 4.28. The van der Waals surface area contributed by atoms with Crippen LogP contribution in [0.3, 0.4) is 0 Å². The summed E-state index contributed by atoms with van der Waals surface area (Å²) in [5.41, 5.74) is 1.32. The zero-order valence-corrected chi connectivity index (χ0v) is 43.7. The van der Waals surface area contributed by atoms with Crippen molar-refractivity contribution in [2.75, 3.05) is 0 Å². The van der Waals surface area contributed by atoms with Crippen LogP contribution in [0.25, 0.3) is 0 Å². The molecule has 0 aliphatic carbocycles. The van der Waals surface area contributed by atoms with Gasteiger partial charge in [0, 0.05) is 0 Å². The van der Waals surface area contributed by atoms with Gasteiger partial charge in [0.05, 0.1) is 0 Å². The van der Waals surface area contributed by atoms with Crippen molar-refractivity contribution in [1.82, 2.24) is 0 Å². The van der Waals surface area contributed by atoms with E-state index in [1.807, 2.05) is 18.2 Å². The molecule has 1 aromatic rings. The van der Waals surface area contributed by atoms with Crippen LogP contribution >= 0.6 is 48.7 Å². The number of aryl methyl sites for hydroxylation is 1. The molecule has 0 bridgehead atoms. The molecule has 0 amide bonds. The number of hydrogen-bond acceptors (Lipinski definition) is 16. The van der Waals surface area contributed by atoms with E-state index in [1.54, 1.807) is 0 Å². The van der Waals surface area contributed by atoms with Gasteiger partial charge in [0.2, 0.25) is 0 Å². The zero-order valence-electron chi connectivity index (χ0n) is 19.6. The maximum Gasteiger partial charge on any atom is 1.00 e. The summed E-state index contributed by atoms with van der Waals surface area (Å²) in [6.07, 6.45) is 0. The molecule has 164 valence electrons. The average Bonchev–Trinajstić information content (AvgIpc) is 2.43. The largest absolute Gasteiger partial charge is 1.00 e. The molecule has 0 saturated carbocycles. The molecule has 16 nitrogen and oxygen atoms in total. The molecule has 1 aromatic carbocycles. The first kappa shape index (κ1) is 63.2. The molecule has 0 saturated heterocycles. The molecule has 0 heterocycles. The Morgan fingerprint density at radius 3 is 0.886 bits per heavy atom. The Bertz CT molecular complexity index is 729. The Labute approximate surface area is 459 Å². The van der Waals surface area contributed by atoms with E-state index in [-0.39, 0.29) is 308 Å². The molecule has 28 heteroatoms. The first-order valence-electron chi connectivity index (χ1n) is 6.06. The molecule has 0 N–H and O–H groups in total. The molecule has 0 aliphatic rings. The van der Waals surface area contributed by atoms with Gasteiger partial charge in [-0.25, -0.2) is 0 Å². The van der Waals surface area contributed by atoms with Crippen molar-refractivity contribution in [2.45, 2.75) is 6.92 Å². The van der Waals surface area contributed by atoms with E-state index < -0.39 is 48.7 Å². The smallest absolute Gasteiger partial charge is 0.750 e. The van der Waals surface area contributed by atoms with Crippen LogP contribution in [0.2, 0.25) is 0 Å². The van der Waals surface area contributed by atoms with Crippen molar-refractivity contribution in [3.8, 4) is 0 Å². The molecular formula is C7H8K6O16P6+4. The van der Waals surface area contributed by atoms with Gasteiger partial charge in [-0.1, -0.05) is 53.1 Å². The third kappa shape index (κ3) is 53.3. The quantitative estimate of drug-likeness (QED) is 0.175. The van der Waals surface area contributed by atoms with Gasteiger partial charge in [0.25, 0.3) is 0 Å². The summed E-state index contributed by atoms with van der Waals surface area (Å²) in [5, 5.41) is 0. The van der Waals surface area contributed by atoms with Crippen LogP contribution in [0.1, 0.15) is 5.56 Å². The monoisotopic (exact) mass is 768 g/mol. The Morgan fingerprint density at radius 2 is 0.771 bits per heavy atom. The van der Waals surface area contributed by atoms with E-state index in [4.69, 9.17) is 0 Å². The summed E-state index contributed by atoms with van der Waals surface area (Å²) in [6, 6.07) is 10.3. The van der Waals surface area contributed by atoms with Crippen molar-refractivity contribution in [3.63, 3.8) is 0 Å². The van der Waals surface area contributed by atoms with E-state index >= 15 is 0 Å². The average molecular weight is 769 g/mol. The molecule has 4 atom stereocenters. The molecule has 0 aromatic heterocycles. The molecule has 1 rings (SSSR count). The fraction of sp³-hybridized carbons (Fsp3) is 0.143. The third-order valence-electron chi connectivity index (χ3n) is 1.61. The predicted octanol–water partition coefficient (Wildman–Crippen LogP) is -18.9.